The number of likely N-dealkylation sites (tertiary alicyclic amines) is 1. The number of unbranched alkanes of at least 4 members (excludes halogenated alkanes) is 1. The van der Waals surface area contributed by atoms with Crippen LogP contribution in [0.4, 0.5) is 0 Å². The maximum absolute atomic E-state index is 5.38. The fraction of sp³-hybridized carbons (Fsp3) is 0.667. The van der Waals surface area contributed by atoms with Crippen molar-refractivity contribution in [2.24, 2.45) is 4.99 Å². The number of aliphatic imine (C=N–C) groups is 1. The van der Waals surface area contributed by atoms with Crippen molar-refractivity contribution >= 4 is 21.9 Å². The monoisotopic (exact) mass is 438 g/mol. The lowest BCUT2D eigenvalue weighted by Gasteiger charge is -2.33. The molecule has 1 aromatic rings. The van der Waals surface area contributed by atoms with Crippen LogP contribution in [0.5, 0.6) is 0 Å². The number of piperidine rings is 1. The van der Waals surface area contributed by atoms with Gasteiger partial charge in [0.15, 0.2) is 5.96 Å². The van der Waals surface area contributed by atoms with Crippen LogP contribution in [0.3, 0.4) is 0 Å². The van der Waals surface area contributed by atoms with Crippen LogP contribution in [0.2, 0.25) is 0 Å². The van der Waals surface area contributed by atoms with Gasteiger partial charge in [0.05, 0.1) is 0 Å². The van der Waals surface area contributed by atoms with Crippen LogP contribution in [0.25, 0.3) is 0 Å². The molecule has 6 heteroatoms. The third kappa shape index (κ3) is 9.08. The van der Waals surface area contributed by atoms with E-state index in [-0.39, 0.29) is 0 Å². The first-order valence-electron chi connectivity index (χ1n) is 10.3. The average Bonchev–Trinajstić information content (AvgIpc) is 2.68. The molecule has 2 rings (SSSR count). The van der Waals surface area contributed by atoms with E-state index in [0.717, 1.165) is 82.1 Å². The Hall–Kier alpha value is -1.11. The number of guanidine groups is 1. The summed E-state index contributed by atoms with van der Waals surface area (Å²) in [4.78, 5) is 7.26. The van der Waals surface area contributed by atoms with Gasteiger partial charge in [-0.15, -0.1) is 0 Å². The van der Waals surface area contributed by atoms with E-state index in [4.69, 9.17) is 9.73 Å². The number of hydrogen-bond acceptors (Lipinski definition) is 3. The Bertz CT molecular complexity index is 542. The highest BCUT2D eigenvalue weighted by Gasteiger charge is 2.20. The summed E-state index contributed by atoms with van der Waals surface area (Å²) in [5, 5.41) is 7.00. The molecule has 0 aromatic heterocycles. The van der Waals surface area contributed by atoms with Crippen molar-refractivity contribution in [1.29, 1.82) is 0 Å². The molecule has 2 N–H and O–H groups in total. The molecule has 0 bridgehead atoms. The van der Waals surface area contributed by atoms with Crippen LogP contribution in [-0.2, 0) is 11.3 Å². The van der Waals surface area contributed by atoms with Crippen molar-refractivity contribution in [2.45, 2.75) is 52.1 Å². The van der Waals surface area contributed by atoms with Gasteiger partial charge in [0.2, 0.25) is 0 Å². The summed E-state index contributed by atoms with van der Waals surface area (Å²) in [5.41, 5.74) is 1.38. The summed E-state index contributed by atoms with van der Waals surface area (Å²) in [6.45, 7) is 10.8. The van der Waals surface area contributed by atoms with Gasteiger partial charge in [-0.25, -0.2) is 0 Å². The molecule has 0 radical (unpaired) electrons. The number of ether oxygens (including phenoxy) is 1. The SMILES string of the molecule is CCNC(=NCCCCOCC)NC1CCN(Cc2ccc(Br)cc2)CC1. The van der Waals surface area contributed by atoms with E-state index < -0.39 is 0 Å². The molecule has 1 saturated heterocycles. The molecular weight excluding hydrogens is 404 g/mol. The molecule has 0 spiro atoms. The molecule has 0 aliphatic carbocycles. The Kier molecular flexibility index (Phi) is 10.8. The molecule has 5 nitrogen and oxygen atoms in total. The molecule has 0 atom stereocenters. The number of nitrogens with zero attached hydrogens (tertiary/aromatic N) is 2. The molecule has 1 aromatic carbocycles. The fourth-order valence-electron chi connectivity index (χ4n) is 3.25. The molecule has 1 aliphatic rings. The van der Waals surface area contributed by atoms with Gasteiger partial charge >= 0.3 is 0 Å². The van der Waals surface area contributed by atoms with E-state index in [2.05, 4.69) is 62.7 Å². The smallest absolute Gasteiger partial charge is 0.191 e. The molecule has 1 heterocycles. The van der Waals surface area contributed by atoms with Gasteiger partial charge in [-0.2, -0.15) is 0 Å². The van der Waals surface area contributed by atoms with Crippen LogP contribution in [0, 0.1) is 0 Å². The second kappa shape index (κ2) is 13.1. The van der Waals surface area contributed by atoms with E-state index in [1.807, 2.05) is 6.92 Å². The third-order valence-corrected chi connectivity index (χ3v) is 5.29. The second-order valence-electron chi connectivity index (χ2n) is 6.99. The zero-order valence-electron chi connectivity index (χ0n) is 16.8. The Balaban J connectivity index is 1.70. The van der Waals surface area contributed by atoms with Crippen LogP contribution >= 0.6 is 15.9 Å². The number of nitrogens with one attached hydrogen (secondary N) is 2. The van der Waals surface area contributed by atoms with Crippen molar-refractivity contribution in [2.75, 3.05) is 39.4 Å². The summed E-state index contributed by atoms with van der Waals surface area (Å²) in [6.07, 6.45) is 4.46. The number of hydrogen-bond donors (Lipinski definition) is 2. The van der Waals surface area contributed by atoms with Crippen molar-refractivity contribution in [3.8, 4) is 0 Å². The summed E-state index contributed by atoms with van der Waals surface area (Å²) >= 11 is 3.50. The molecule has 0 unspecified atom stereocenters. The topological polar surface area (TPSA) is 48.9 Å². The predicted molar refractivity (Wildman–Crippen MR) is 117 cm³/mol. The Morgan fingerprint density at radius 2 is 1.93 bits per heavy atom. The minimum Gasteiger partial charge on any atom is -0.382 e. The van der Waals surface area contributed by atoms with Crippen molar-refractivity contribution < 1.29 is 4.74 Å². The van der Waals surface area contributed by atoms with Gasteiger partial charge in [-0.3, -0.25) is 9.89 Å². The van der Waals surface area contributed by atoms with Gasteiger partial charge in [0, 0.05) is 56.5 Å². The van der Waals surface area contributed by atoms with Gasteiger partial charge in [0.1, 0.15) is 0 Å². The highest BCUT2D eigenvalue weighted by molar-refractivity contribution is 9.10. The van der Waals surface area contributed by atoms with Crippen LogP contribution < -0.4 is 10.6 Å². The maximum Gasteiger partial charge on any atom is 0.191 e. The Morgan fingerprint density at radius 1 is 1.19 bits per heavy atom. The predicted octanol–water partition coefficient (Wildman–Crippen LogP) is 3.79. The fourth-order valence-corrected chi connectivity index (χ4v) is 3.51. The standard InChI is InChI=1S/C21H35BrN4O/c1-3-23-21(24-13-5-6-16-27-4-2)25-20-11-14-26(15-12-20)17-18-7-9-19(22)10-8-18/h7-10,20H,3-6,11-17H2,1-2H3,(H2,23,24,25). The zero-order chi connectivity index (χ0) is 19.3. The average molecular weight is 439 g/mol. The van der Waals surface area contributed by atoms with E-state index >= 15 is 0 Å². The van der Waals surface area contributed by atoms with Gasteiger partial charge < -0.3 is 15.4 Å². The molecule has 0 saturated carbocycles. The van der Waals surface area contributed by atoms with Gasteiger partial charge in [-0.1, -0.05) is 28.1 Å². The van der Waals surface area contributed by atoms with Crippen molar-refractivity contribution in [3.63, 3.8) is 0 Å². The molecule has 1 aliphatic heterocycles. The lowest BCUT2D eigenvalue weighted by Crippen LogP contribution is -2.48. The number of halogens is 1. The minimum absolute atomic E-state index is 0.507. The normalized spacial score (nSPS) is 16.5. The summed E-state index contributed by atoms with van der Waals surface area (Å²) in [7, 11) is 0. The van der Waals surface area contributed by atoms with E-state index in [1.54, 1.807) is 0 Å². The highest BCUT2D eigenvalue weighted by Crippen LogP contribution is 2.16. The first-order chi connectivity index (χ1) is 13.2. The molecule has 27 heavy (non-hydrogen) atoms. The molecular formula is C21H35BrN4O. The van der Waals surface area contributed by atoms with Gasteiger partial charge in [-0.05, 0) is 57.2 Å². The summed E-state index contributed by atoms with van der Waals surface area (Å²) in [6, 6.07) is 9.16. The first-order valence-corrected chi connectivity index (χ1v) is 11.1. The summed E-state index contributed by atoms with van der Waals surface area (Å²) in [5.74, 6) is 0.959. The quantitative estimate of drug-likeness (QED) is 0.331. The zero-order valence-corrected chi connectivity index (χ0v) is 18.4. The molecule has 0 amide bonds. The van der Waals surface area contributed by atoms with E-state index in [1.165, 1.54) is 5.56 Å². The van der Waals surface area contributed by atoms with Crippen molar-refractivity contribution in [1.82, 2.24) is 15.5 Å². The highest BCUT2D eigenvalue weighted by atomic mass is 79.9. The lowest BCUT2D eigenvalue weighted by molar-refractivity contribution is 0.144. The van der Waals surface area contributed by atoms with Crippen LogP contribution in [0.15, 0.2) is 33.7 Å². The van der Waals surface area contributed by atoms with Gasteiger partial charge in [0.25, 0.3) is 0 Å². The largest absolute Gasteiger partial charge is 0.382 e. The van der Waals surface area contributed by atoms with Crippen molar-refractivity contribution in [3.05, 3.63) is 34.3 Å². The van der Waals surface area contributed by atoms with Crippen LogP contribution in [0.1, 0.15) is 45.1 Å². The van der Waals surface area contributed by atoms with E-state index in [9.17, 15) is 0 Å². The molecule has 152 valence electrons. The minimum atomic E-state index is 0.507. The molecule has 1 fully saturated rings. The summed E-state index contributed by atoms with van der Waals surface area (Å²) < 4.78 is 6.52. The third-order valence-electron chi connectivity index (χ3n) is 4.76. The number of rotatable bonds is 10. The second-order valence-corrected chi connectivity index (χ2v) is 7.90. The Labute approximate surface area is 173 Å². The lowest BCUT2D eigenvalue weighted by atomic mass is 10.0. The first kappa shape index (κ1) is 22.2. The van der Waals surface area contributed by atoms with Crippen LogP contribution in [-0.4, -0.2) is 56.3 Å². The number of benzene rings is 1. The Morgan fingerprint density at radius 3 is 2.59 bits per heavy atom. The van der Waals surface area contributed by atoms with E-state index in [0.29, 0.717) is 6.04 Å². The maximum atomic E-state index is 5.38.